The average Bonchev–Trinajstić information content (AvgIpc) is 3.63. The summed E-state index contributed by atoms with van der Waals surface area (Å²) in [5.41, 5.74) is -1.21. The minimum Gasteiger partial charge on any atom is -0.347 e. The van der Waals surface area contributed by atoms with E-state index in [0.29, 0.717) is 25.0 Å². The van der Waals surface area contributed by atoms with Gasteiger partial charge in [0, 0.05) is 17.4 Å². The van der Waals surface area contributed by atoms with Gasteiger partial charge in [0.25, 0.3) is 12.3 Å². The molecule has 1 saturated heterocycles. The number of hydrogen-bond acceptors (Lipinski definition) is 4. The maximum absolute atomic E-state index is 14.8. The number of hydrogen-bond donors (Lipinski definition) is 1. The summed E-state index contributed by atoms with van der Waals surface area (Å²) in [6.07, 6.45) is -0.693. The zero-order valence-electron chi connectivity index (χ0n) is 19.5. The molecule has 1 aliphatic heterocycles. The normalized spacial score (nSPS) is 23.1. The van der Waals surface area contributed by atoms with Crippen molar-refractivity contribution in [2.75, 3.05) is 6.26 Å². The molecule has 0 spiro atoms. The molecule has 6 nitrogen and oxygen atoms in total. The first-order valence-corrected chi connectivity index (χ1v) is 13.6. The zero-order valence-corrected chi connectivity index (χ0v) is 20.4. The molecule has 2 aliphatic carbocycles. The molecule has 37 heavy (non-hydrogen) atoms. The molecule has 0 aromatic heterocycles. The van der Waals surface area contributed by atoms with E-state index in [0.717, 1.165) is 6.26 Å². The van der Waals surface area contributed by atoms with Gasteiger partial charge in [-0.3, -0.25) is 9.59 Å². The summed E-state index contributed by atoms with van der Waals surface area (Å²) in [7, 11) is -3.58. The summed E-state index contributed by atoms with van der Waals surface area (Å²) in [6, 6.07) is 4.13. The maximum Gasteiger partial charge on any atom is 0.266 e. The highest BCUT2D eigenvalue weighted by atomic mass is 32.2. The molecule has 0 unspecified atom stereocenters. The molecule has 2 amide bonds. The van der Waals surface area contributed by atoms with Crippen LogP contribution in [0.15, 0.2) is 41.3 Å². The van der Waals surface area contributed by atoms with Crippen LogP contribution in [0.1, 0.15) is 53.2 Å². The van der Waals surface area contributed by atoms with Crippen LogP contribution in [0.5, 0.6) is 0 Å². The SMILES string of the molecule is CS(=O)(=O)c1cccc(C(=O)N2[C@@H](C(=O)N[C@@H](c3cc(F)c(C(F)F)cc3F)C3CC3)C[C@H]3C#C[C@H]32)c1. The number of carbonyl (C=O) groups excluding carboxylic acids is 2. The van der Waals surface area contributed by atoms with Crippen LogP contribution in [0.2, 0.25) is 0 Å². The lowest BCUT2D eigenvalue weighted by atomic mass is 9.92. The Balaban J connectivity index is 1.42. The Morgan fingerprint density at radius 2 is 1.73 bits per heavy atom. The van der Waals surface area contributed by atoms with E-state index >= 15 is 0 Å². The van der Waals surface area contributed by atoms with Crippen LogP contribution in [-0.2, 0) is 14.6 Å². The molecule has 2 fully saturated rings. The number of rotatable bonds is 7. The lowest BCUT2D eigenvalue weighted by Crippen LogP contribution is -2.50. The largest absolute Gasteiger partial charge is 0.347 e. The van der Waals surface area contributed by atoms with Gasteiger partial charge in [0.15, 0.2) is 9.84 Å². The zero-order chi connectivity index (χ0) is 26.6. The fourth-order valence-corrected chi connectivity index (χ4v) is 5.56. The Morgan fingerprint density at radius 1 is 1.05 bits per heavy atom. The van der Waals surface area contributed by atoms with Crippen LogP contribution in [0.25, 0.3) is 0 Å². The summed E-state index contributed by atoms with van der Waals surface area (Å²) in [4.78, 5) is 28.1. The third-order valence-corrected chi connectivity index (χ3v) is 8.14. The van der Waals surface area contributed by atoms with Crippen molar-refractivity contribution >= 4 is 21.7 Å². The van der Waals surface area contributed by atoms with E-state index in [2.05, 4.69) is 17.2 Å². The molecule has 0 radical (unpaired) electrons. The lowest BCUT2D eigenvalue weighted by Gasteiger charge is -2.31. The van der Waals surface area contributed by atoms with Gasteiger partial charge in [-0.2, -0.15) is 0 Å². The first-order valence-electron chi connectivity index (χ1n) is 11.7. The predicted octanol–water partition coefficient (Wildman–Crippen LogP) is 3.79. The fourth-order valence-electron chi connectivity index (χ4n) is 4.90. The van der Waals surface area contributed by atoms with Gasteiger partial charge in [-0.05, 0) is 55.5 Å². The van der Waals surface area contributed by atoms with Gasteiger partial charge in [0.05, 0.1) is 22.4 Å². The standard InChI is InChI=1S/C26H22F4N2O4S/c1-37(35,36)16-4-2-3-15(9-16)26(34)32-21-8-7-14(21)10-22(32)25(33)31-23(13-5-6-13)17-11-20(28)18(24(29)30)12-19(17)27/h2-4,9,11-14,21-24H,5-6,10H2,1H3,(H,31,33)/t14-,21-,22-,23-/m1/s1. The minimum atomic E-state index is -3.58. The highest BCUT2D eigenvalue weighted by Gasteiger charge is 2.50. The van der Waals surface area contributed by atoms with Crippen LogP contribution in [0.3, 0.4) is 0 Å². The van der Waals surface area contributed by atoms with Gasteiger partial charge >= 0.3 is 0 Å². The lowest BCUT2D eigenvalue weighted by molar-refractivity contribution is -0.126. The van der Waals surface area contributed by atoms with Crippen LogP contribution >= 0.6 is 0 Å². The predicted molar refractivity (Wildman–Crippen MR) is 124 cm³/mol. The smallest absolute Gasteiger partial charge is 0.266 e. The number of benzene rings is 2. The number of sulfone groups is 1. The highest BCUT2D eigenvalue weighted by Crippen LogP contribution is 2.43. The monoisotopic (exact) mass is 534 g/mol. The van der Waals surface area contributed by atoms with Crippen molar-refractivity contribution in [3.63, 3.8) is 0 Å². The van der Waals surface area contributed by atoms with Crippen LogP contribution in [0.4, 0.5) is 17.6 Å². The Hall–Kier alpha value is -3.39. The van der Waals surface area contributed by atoms with Crippen molar-refractivity contribution < 1.29 is 35.6 Å². The minimum absolute atomic E-state index is 0.0478. The van der Waals surface area contributed by atoms with E-state index in [1.807, 2.05) is 0 Å². The number of fused-ring (bicyclic) bond motifs is 1. The summed E-state index contributed by atoms with van der Waals surface area (Å²) in [5.74, 6) is 1.83. The molecule has 194 valence electrons. The Bertz CT molecular complexity index is 1460. The van der Waals surface area contributed by atoms with E-state index in [1.54, 1.807) is 0 Å². The summed E-state index contributed by atoms with van der Waals surface area (Å²) >= 11 is 0. The van der Waals surface area contributed by atoms with Crippen LogP contribution in [-0.4, -0.2) is 43.5 Å². The average molecular weight is 535 g/mol. The first kappa shape index (κ1) is 25.3. The van der Waals surface area contributed by atoms with Gasteiger partial charge in [0.1, 0.15) is 23.7 Å². The number of amides is 2. The number of alkyl halides is 2. The molecule has 11 heteroatoms. The number of nitrogens with one attached hydrogen (secondary N) is 1. The van der Waals surface area contributed by atoms with Crippen molar-refractivity contribution in [3.8, 4) is 11.8 Å². The van der Waals surface area contributed by atoms with E-state index in [4.69, 9.17) is 0 Å². The second-order valence-electron chi connectivity index (χ2n) is 9.62. The summed E-state index contributed by atoms with van der Waals surface area (Å²) in [6.45, 7) is 0. The quantitative estimate of drug-likeness (QED) is 0.433. The van der Waals surface area contributed by atoms with Gasteiger partial charge in [-0.1, -0.05) is 17.9 Å². The molecule has 1 heterocycles. The molecule has 3 aliphatic rings. The Morgan fingerprint density at radius 3 is 2.32 bits per heavy atom. The third kappa shape index (κ3) is 4.70. The maximum atomic E-state index is 14.8. The molecule has 0 bridgehead atoms. The molecule has 1 saturated carbocycles. The van der Waals surface area contributed by atoms with E-state index < -0.39 is 63.4 Å². The molecule has 4 atom stereocenters. The molecule has 2 aromatic carbocycles. The highest BCUT2D eigenvalue weighted by molar-refractivity contribution is 7.90. The summed E-state index contributed by atoms with van der Waals surface area (Å²) < 4.78 is 78.9. The van der Waals surface area contributed by atoms with Crippen molar-refractivity contribution in [3.05, 3.63) is 64.7 Å². The molecular weight excluding hydrogens is 512 g/mol. The van der Waals surface area contributed by atoms with E-state index in [9.17, 15) is 35.6 Å². The Kier molecular flexibility index (Phi) is 6.26. The van der Waals surface area contributed by atoms with Crippen LogP contribution in [0, 0.1) is 35.3 Å². The first-order chi connectivity index (χ1) is 17.5. The van der Waals surface area contributed by atoms with Gasteiger partial charge in [-0.15, -0.1) is 0 Å². The molecule has 1 N–H and O–H groups in total. The van der Waals surface area contributed by atoms with Crippen molar-refractivity contribution in [1.29, 1.82) is 0 Å². The number of halogens is 4. The number of nitrogens with zero attached hydrogens (tertiary/aromatic N) is 1. The second kappa shape index (κ2) is 9.17. The third-order valence-electron chi connectivity index (χ3n) is 7.03. The van der Waals surface area contributed by atoms with Gasteiger partial charge in [-0.25, -0.2) is 26.0 Å². The van der Waals surface area contributed by atoms with Gasteiger partial charge < -0.3 is 10.2 Å². The van der Waals surface area contributed by atoms with E-state index in [-0.39, 0.29) is 34.3 Å². The number of carbonyl (C=O) groups is 2. The topological polar surface area (TPSA) is 83.6 Å². The molecule has 2 aromatic rings. The van der Waals surface area contributed by atoms with Crippen LogP contribution < -0.4 is 5.32 Å². The fraction of sp³-hybridized carbons (Fsp3) is 0.385. The Labute approximate surface area is 210 Å². The number of likely N-dealkylation sites (tertiary alicyclic amines) is 1. The molecule has 5 rings (SSSR count). The van der Waals surface area contributed by atoms with E-state index in [1.165, 1.54) is 29.2 Å². The molecular formula is C26H22F4N2O4S. The summed E-state index contributed by atoms with van der Waals surface area (Å²) in [5, 5.41) is 2.72. The van der Waals surface area contributed by atoms with Crippen molar-refractivity contribution in [2.24, 2.45) is 11.8 Å². The van der Waals surface area contributed by atoms with Gasteiger partial charge in [0.2, 0.25) is 5.91 Å². The van der Waals surface area contributed by atoms with Crippen molar-refractivity contribution in [2.45, 2.75) is 48.7 Å². The second-order valence-corrected chi connectivity index (χ2v) is 11.6. The van der Waals surface area contributed by atoms with Crippen molar-refractivity contribution in [1.82, 2.24) is 10.2 Å².